The van der Waals surface area contributed by atoms with Crippen LogP contribution < -0.4 is 10.6 Å². The van der Waals surface area contributed by atoms with E-state index in [9.17, 15) is 74.4 Å². The second kappa shape index (κ2) is 35.5. The number of unbranched alkanes of at least 4 members (excludes halogenated alkanes) is 4. The van der Waals surface area contributed by atoms with Gasteiger partial charge in [-0.1, -0.05) is 24.6 Å². The van der Waals surface area contributed by atoms with Crippen molar-refractivity contribution in [1.82, 2.24) is 10.6 Å². The average Bonchev–Trinajstić information content (AvgIpc) is 3.44. The summed E-state index contributed by atoms with van der Waals surface area (Å²) < 4.78 is 67.6. The van der Waals surface area contributed by atoms with E-state index in [1.54, 1.807) is 0 Å². The molecule has 4 rings (SSSR count). The molecule has 4 aliphatic heterocycles. The van der Waals surface area contributed by atoms with Crippen LogP contribution >= 0.6 is 24.4 Å². The normalized spacial score (nSPS) is 34.4. The van der Waals surface area contributed by atoms with Gasteiger partial charge in [-0.05, 0) is 31.4 Å². The summed E-state index contributed by atoms with van der Waals surface area (Å²) in [5, 5.41) is 86.5. The highest BCUT2D eigenvalue weighted by Gasteiger charge is 2.57. The summed E-state index contributed by atoms with van der Waals surface area (Å²) in [6.45, 7) is 6.24. The van der Waals surface area contributed by atoms with E-state index in [-0.39, 0.29) is 18.3 Å². The van der Waals surface area contributed by atoms with Gasteiger partial charge in [0.25, 0.3) is 0 Å². The third-order valence-electron chi connectivity index (χ3n) is 12.3. The lowest BCUT2D eigenvalue weighted by molar-refractivity contribution is -0.346. The third-order valence-corrected chi connectivity index (χ3v) is 13.5. The number of nitrogens with one attached hydrogen (secondary N) is 2. The summed E-state index contributed by atoms with van der Waals surface area (Å²) in [6, 6.07) is -2.27. The van der Waals surface area contributed by atoms with Crippen molar-refractivity contribution in [2.75, 3.05) is 51.1 Å². The number of esters is 4. The molecule has 0 spiro atoms. The van der Waals surface area contributed by atoms with Crippen LogP contribution in [0.25, 0.3) is 0 Å². The fourth-order valence-corrected chi connectivity index (χ4v) is 9.55. The van der Waals surface area contributed by atoms with Crippen LogP contribution in [0.3, 0.4) is 0 Å². The standard InChI is InChI=1S/C29H45NO16S.C19H35NO11S/c1-14(32)30-22-25(23(38)20(12-31)44-28(22)39-10-8-7-9-11-47-19(6)37)46-29-27(43-18(5)36)26(42-17(4)35)24(41-16(3)34)21(45-29)13-40-15(2)33;1-9(23)20-12-17(31-19-16(27)15(26)13(24)10(7-21)30-19)14(25)11(8-22)29-18(12)28-5-3-2-4-6-32/h20-29,31,38H,7-13H2,1-6H3,(H,30,32);10-19,21-22,24-27,32H,2-8H2,1H3,(H,20,23)/t20?,21?,22?,23-,24-,25+,26-,27?,28+,29-;10?,11?,12?,13-,14-,15-,16?,17+,18+,19-/m00/s1. The van der Waals surface area contributed by atoms with Crippen molar-refractivity contribution in [2.45, 2.75) is 210 Å². The zero-order chi connectivity index (χ0) is 59.1. The first kappa shape index (κ1) is 69.8. The number of thiol groups is 1. The van der Waals surface area contributed by atoms with Crippen LogP contribution in [0.2, 0.25) is 0 Å². The quantitative estimate of drug-likeness (QED) is 0.0164. The molecule has 8 unspecified atom stereocenters. The number of amides is 2. The van der Waals surface area contributed by atoms with Crippen LogP contribution in [-0.4, -0.2) is 256 Å². The molecule has 0 aromatic carbocycles. The molecular weight excluding hydrogens is 1100 g/mol. The number of carbonyl (C=O) groups excluding carboxylic acids is 7. The topological polar surface area (TPSA) is 416 Å². The molecule has 0 aliphatic carbocycles. The zero-order valence-electron chi connectivity index (χ0n) is 45.1. The molecule has 0 saturated carbocycles. The molecule has 0 aromatic heterocycles. The lowest BCUT2D eigenvalue weighted by atomic mass is 9.95. The highest BCUT2D eigenvalue weighted by molar-refractivity contribution is 8.13. The Bertz CT molecular complexity index is 1910. The lowest BCUT2D eigenvalue weighted by Gasteiger charge is -2.48. The second-order valence-electron chi connectivity index (χ2n) is 18.8. The maximum absolute atomic E-state index is 12.3. The van der Waals surface area contributed by atoms with Crippen molar-refractivity contribution in [3.63, 3.8) is 0 Å². The van der Waals surface area contributed by atoms with Crippen LogP contribution in [0.5, 0.6) is 0 Å². The number of ether oxygens (including phenoxy) is 12. The van der Waals surface area contributed by atoms with Crippen molar-refractivity contribution in [2.24, 2.45) is 0 Å². The number of hydrogen-bond donors (Lipinski definition) is 11. The van der Waals surface area contributed by atoms with Gasteiger partial charge in [0, 0.05) is 67.4 Å². The van der Waals surface area contributed by atoms with Gasteiger partial charge in [-0.2, -0.15) is 12.6 Å². The minimum atomic E-state index is -1.71. The fourth-order valence-electron chi connectivity index (χ4n) is 8.69. The van der Waals surface area contributed by atoms with Gasteiger partial charge in [-0.25, -0.2) is 0 Å². The SMILES string of the molecule is CC(=O)NC1[C@H](OCCCCCS)OC(CO)[C@H](O)[C@@H]1O[C@@H]1OC(CO)[C@H](O)[C@H](O)C1O.CC(=O)NC1[C@H](OCCCCCSC(C)=O)OC(CO)[C@H](O)[C@@H]1O[C@@H]1OC(COC(C)=O)[C@H](OC(C)=O)[C@H](OC(C)=O)C1OC(C)=O. The van der Waals surface area contributed by atoms with E-state index >= 15 is 0 Å². The molecule has 0 radical (unpaired) electrons. The van der Waals surface area contributed by atoms with Gasteiger partial charge in [-0.3, -0.25) is 33.6 Å². The Hall–Kier alpha value is -3.45. The highest BCUT2D eigenvalue weighted by atomic mass is 32.2. The lowest BCUT2D eigenvalue weighted by Crippen LogP contribution is -2.69. The summed E-state index contributed by atoms with van der Waals surface area (Å²) >= 11 is 5.37. The molecule has 4 fully saturated rings. The van der Waals surface area contributed by atoms with E-state index < -0.39 is 185 Å². The Morgan fingerprint density at radius 3 is 1.34 bits per heavy atom. The first-order chi connectivity index (χ1) is 37.4. The Morgan fingerprint density at radius 2 is 0.899 bits per heavy atom. The molecule has 0 aromatic rings. The minimum absolute atomic E-state index is 0.0197. The van der Waals surface area contributed by atoms with Crippen LogP contribution in [-0.2, 0) is 90.4 Å². The predicted octanol–water partition coefficient (Wildman–Crippen LogP) is -3.62. The molecule has 31 heteroatoms. The van der Waals surface area contributed by atoms with Crippen molar-refractivity contribution in [1.29, 1.82) is 0 Å². The Labute approximate surface area is 466 Å². The van der Waals surface area contributed by atoms with E-state index in [1.165, 1.54) is 32.5 Å². The molecule has 0 bridgehead atoms. The zero-order valence-corrected chi connectivity index (χ0v) is 46.8. The average molecular weight is 1180 g/mol. The van der Waals surface area contributed by atoms with Crippen molar-refractivity contribution in [3.05, 3.63) is 0 Å². The molecule has 456 valence electrons. The summed E-state index contributed by atoms with van der Waals surface area (Å²) in [5.74, 6) is -2.90. The Morgan fingerprint density at radius 1 is 0.468 bits per heavy atom. The first-order valence-electron chi connectivity index (χ1n) is 25.7. The number of rotatable bonds is 27. The number of carbonyl (C=O) groups is 7. The molecule has 29 nitrogen and oxygen atoms in total. The van der Waals surface area contributed by atoms with Crippen LogP contribution in [0, 0.1) is 0 Å². The largest absolute Gasteiger partial charge is 0.463 e. The Kier molecular flexibility index (Phi) is 31.4. The summed E-state index contributed by atoms with van der Waals surface area (Å²) in [7, 11) is 0. The van der Waals surface area contributed by atoms with Gasteiger partial charge in [0.15, 0.2) is 48.6 Å². The highest BCUT2D eigenvalue weighted by Crippen LogP contribution is 2.35. The van der Waals surface area contributed by atoms with Gasteiger partial charge in [-0.15, -0.1) is 0 Å². The molecule has 2 amide bonds. The van der Waals surface area contributed by atoms with Gasteiger partial charge in [0.2, 0.25) is 11.8 Å². The molecule has 4 heterocycles. The molecule has 4 saturated heterocycles. The Balaban J connectivity index is 0.000000446. The van der Waals surface area contributed by atoms with E-state index in [2.05, 4.69) is 23.3 Å². The van der Waals surface area contributed by atoms with Crippen molar-refractivity contribution >= 4 is 65.2 Å². The molecule has 4 aliphatic rings. The number of aliphatic hydroxyl groups is 8. The molecule has 79 heavy (non-hydrogen) atoms. The third kappa shape index (κ3) is 22.3. The van der Waals surface area contributed by atoms with Gasteiger partial charge in [0.05, 0.1) is 19.8 Å². The van der Waals surface area contributed by atoms with Crippen LogP contribution in [0.1, 0.15) is 87.0 Å². The van der Waals surface area contributed by atoms with Crippen molar-refractivity contribution in [3.8, 4) is 0 Å². The monoisotopic (exact) mass is 1180 g/mol. The predicted molar refractivity (Wildman–Crippen MR) is 271 cm³/mol. The van der Waals surface area contributed by atoms with E-state index in [0.717, 1.165) is 52.7 Å². The molecule has 20 atom stereocenters. The van der Waals surface area contributed by atoms with E-state index in [1.807, 2.05) is 0 Å². The summed E-state index contributed by atoms with van der Waals surface area (Å²) in [4.78, 5) is 83.3. The van der Waals surface area contributed by atoms with Crippen LogP contribution in [0.4, 0.5) is 0 Å². The summed E-state index contributed by atoms with van der Waals surface area (Å²) in [6.07, 6.45) is -21.5. The van der Waals surface area contributed by atoms with Crippen molar-refractivity contribution < 1.29 is 131 Å². The number of aliphatic hydroxyl groups excluding tert-OH is 8. The summed E-state index contributed by atoms with van der Waals surface area (Å²) in [5.41, 5.74) is 0. The second-order valence-corrected chi connectivity index (χ2v) is 20.5. The van der Waals surface area contributed by atoms with Gasteiger partial charge < -0.3 is 108 Å². The van der Waals surface area contributed by atoms with E-state index in [0.29, 0.717) is 25.0 Å². The smallest absolute Gasteiger partial charge is 0.303 e. The maximum atomic E-state index is 12.3. The van der Waals surface area contributed by atoms with Gasteiger partial charge >= 0.3 is 23.9 Å². The fraction of sp³-hybridized carbons (Fsp3) is 0.854. The number of hydrogen-bond acceptors (Lipinski definition) is 29. The first-order valence-corrected chi connectivity index (χ1v) is 27.3. The molecular formula is C48H80N2O27S2. The minimum Gasteiger partial charge on any atom is -0.463 e. The van der Waals surface area contributed by atoms with E-state index in [4.69, 9.17) is 56.8 Å². The van der Waals surface area contributed by atoms with Crippen LogP contribution in [0.15, 0.2) is 0 Å². The maximum Gasteiger partial charge on any atom is 0.303 e. The van der Waals surface area contributed by atoms with Gasteiger partial charge in [0.1, 0.15) is 85.8 Å². The number of thioether (sulfide) groups is 1. The molecule has 10 N–H and O–H groups in total.